The van der Waals surface area contributed by atoms with Crippen molar-refractivity contribution in [3.05, 3.63) is 0 Å². The normalized spacial score (nSPS) is 32.5. The van der Waals surface area contributed by atoms with Crippen molar-refractivity contribution in [2.45, 2.75) is 50.6 Å². The fourth-order valence-electron chi connectivity index (χ4n) is 4.37. The van der Waals surface area contributed by atoms with Gasteiger partial charge < -0.3 is 9.80 Å². The molecular formula is C17H27N3O2S. The molecule has 4 aliphatic rings. The lowest BCUT2D eigenvalue weighted by atomic mass is 9.84. The number of nitrogens with zero attached hydrogens (tertiary/aromatic N) is 3. The number of thioether (sulfide) groups is 1. The van der Waals surface area contributed by atoms with Crippen LogP contribution in [-0.2, 0) is 9.59 Å². The molecule has 4 rings (SSSR count). The van der Waals surface area contributed by atoms with Crippen molar-refractivity contribution >= 4 is 23.6 Å². The van der Waals surface area contributed by atoms with Gasteiger partial charge in [-0.05, 0) is 38.6 Å². The van der Waals surface area contributed by atoms with Crippen molar-refractivity contribution in [1.82, 2.24) is 14.7 Å². The van der Waals surface area contributed by atoms with E-state index in [1.165, 1.54) is 25.8 Å². The average molecular weight is 337 g/mol. The molecule has 128 valence electrons. The van der Waals surface area contributed by atoms with Crippen molar-refractivity contribution in [3.8, 4) is 0 Å². The average Bonchev–Trinajstić information content (AvgIpc) is 3.10. The van der Waals surface area contributed by atoms with E-state index < -0.39 is 0 Å². The highest BCUT2D eigenvalue weighted by Gasteiger charge is 2.41. The number of fused-ring (bicyclic) bond motifs is 1. The second-order valence-corrected chi connectivity index (χ2v) is 8.42. The standard InChI is InChI=1S/C17H27N3O2S/c21-16(13-4-1-5-13)20-12-23-11-15(20)17(22)19-9-3-8-18-7-2-6-14(18)10-19/h13-15H,1-12H2. The predicted octanol–water partition coefficient (Wildman–Crippen LogP) is 1.38. The zero-order chi connectivity index (χ0) is 15.8. The highest BCUT2D eigenvalue weighted by atomic mass is 32.2. The van der Waals surface area contributed by atoms with Crippen molar-refractivity contribution in [3.63, 3.8) is 0 Å². The number of hydrogen-bond acceptors (Lipinski definition) is 4. The molecule has 1 saturated carbocycles. The predicted molar refractivity (Wildman–Crippen MR) is 91.1 cm³/mol. The van der Waals surface area contributed by atoms with Crippen molar-refractivity contribution < 1.29 is 9.59 Å². The summed E-state index contributed by atoms with van der Waals surface area (Å²) in [5.74, 6) is 2.11. The van der Waals surface area contributed by atoms with Gasteiger partial charge in [0.1, 0.15) is 6.04 Å². The van der Waals surface area contributed by atoms with Crippen LogP contribution in [0.1, 0.15) is 38.5 Å². The maximum absolute atomic E-state index is 13.1. The third-order valence-electron chi connectivity index (χ3n) is 6.02. The molecule has 3 heterocycles. The fraction of sp³-hybridized carbons (Fsp3) is 0.882. The summed E-state index contributed by atoms with van der Waals surface area (Å²) < 4.78 is 0. The van der Waals surface area contributed by atoms with E-state index in [-0.39, 0.29) is 23.8 Å². The number of rotatable bonds is 2. The van der Waals surface area contributed by atoms with Crippen LogP contribution in [0, 0.1) is 5.92 Å². The van der Waals surface area contributed by atoms with Crippen LogP contribution in [0.5, 0.6) is 0 Å². The summed E-state index contributed by atoms with van der Waals surface area (Å²) in [7, 11) is 0. The maximum Gasteiger partial charge on any atom is 0.246 e. The zero-order valence-electron chi connectivity index (χ0n) is 13.8. The van der Waals surface area contributed by atoms with Gasteiger partial charge in [0.15, 0.2) is 0 Å². The van der Waals surface area contributed by atoms with Gasteiger partial charge in [-0.1, -0.05) is 6.42 Å². The van der Waals surface area contributed by atoms with Crippen LogP contribution in [0.2, 0.25) is 0 Å². The maximum atomic E-state index is 13.1. The van der Waals surface area contributed by atoms with Crippen molar-refractivity contribution in [2.75, 3.05) is 37.8 Å². The molecule has 0 aromatic carbocycles. The Morgan fingerprint density at radius 2 is 1.74 bits per heavy atom. The van der Waals surface area contributed by atoms with Crippen LogP contribution in [0.25, 0.3) is 0 Å². The molecule has 3 aliphatic heterocycles. The van der Waals surface area contributed by atoms with Crippen molar-refractivity contribution in [2.24, 2.45) is 5.92 Å². The Morgan fingerprint density at radius 3 is 2.52 bits per heavy atom. The molecule has 2 atom stereocenters. The molecule has 0 aromatic heterocycles. The quantitative estimate of drug-likeness (QED) is 0.764. The van der Waals surface area contributed by atoms with E-state index in [2.05, 4.69) is 9.80 Å². The highest BCUT2D eigenvalue weighted by molar-refractivity contribution is 7.99. The first-order chi connectivity index (χ1) is 11.2. The van der Waals surface area contributed by atoms with Gasteiger partial charge in [0.05, 0.1) is 5.88 Å². The van der Waals surface area contributed by atoms with Crippen LogP contribution in [0.3, 0.4) is 0 Å². The summed E-state index contributed by atoms with van der Waals surface area (Å²) in [6, 6.07) is 0.340. The van der Waals surface area contributed by atoms with Gasteiger partial charge in [0, 0.05) is 37.3 Å². The first kappa shape index (κ1) is 15.8. The van der Waals surface area contributed by atoms with Crippen LogP contribution in [0.15, 0.2) is 0 Å². The van der Waals surface area contributed by atoms with Gasteiger partial charge in [-0.15, -0.1) is 11.8 Å². The van der Waals surface area contributed by atoms with E-state index in [4.69, 9.17) is 0 Å². The van der Waals surface area contributed by atoms with Gasteiger partial charge in [0.25, 0.3) is 0 Å². The third kappa shape index (κ3) is 3.00. The second kappa shape index (κ2) is 6.63. The monoisotopic (exact) mass is 337 g/mol. The Kier molecular flexibility index (Phi) is 4.54. The molecule has 5 nitrogen and oxygen atoms in total. The Morgan fingerprint density at radius 1 is 0.913 bits per heavy atom. The molecule has 0 radical (unpaired) electrons. The summed E-state index contributed by atoms with van der Waals surface area (Å²) in [6.45, 7) is 4.04. The van der Waals surface area contributed by atoms with Gasteiger partial charge >= 0.3 is 0 Å². The molecule has 0 aromatic rings. The molecule has 0 spiro atoms. The third-order valence-corrected chi connectivity index (χ3v) is 7.03. The minimum Gasteiger partial charge on any atom is -0.339 e. The second-order valence-electron chi connectivity index (χ2n) is 7.42. The number of hydrogen-bond donors (Lipinski definition) is 0. The Balaban J connectivity index is 1.43. The summed E-state index contributed by atoms with van der Waals surface area (Å²) in [5, 5.41) is 0. The number of carbonyl (C=O) groups excluding carboxylic acids is 2. The van der Waals surface area contributed by atoms with Crippen LogP contribution in [0.4, 0.5) is 0 Å². The first-order valence-corrected chi connectivity index (χ1v) is 10.3. The molecule has 2 unspecified atom stereocenters. The summed E-state index contributed by atoms with van der Waals surface area (Å²) in [5.41, 5.74) is 0. The Bertz CT molecular complexity index is 482. The SMILES string of the molecule is O=C(C1CSCN1C(=O)C1CCC1)N1CCCN2CCCC2C1. The molecule has 6 heteroatoms. The van der Waals surface area contributed by atoms with Crippen LogP contribution >= 0.6 is 11.8 Å². The minimum atomic E-state index is -0.207. The summed E-state index contributed by atoms with van der Waals surface area (Å²) in [4.78, 5) is 32.2. The lowest BCUT2D eigenvalue weighted by Gasteiger charge is -2.34. The van der Waals surface area contributed by atoms with Gasteiger partial charge in [-0.3, -0.25) is 14.5 Å². The molecular weight excluding hydrogens is 310 g/mol. The topological polar surface area (TPSA) is 43.9 Å². The molecule has 2 amide bonds. The molecule has 4 fully saturated rings. The molecule has 23 heavy (non-hydrogen) atoms. The molecule has 3 saturated heterocycles. The number of carbonyl (C=O) groups is 2. The largest absolute Gasteiger partial charge is 0.339 e. The Labute approximate surface area is 142 Å². The van der Waals surface area contributed by atoms with Gasteiger partial charge in [-0.25, -0.2) is 0 Å². The van der Waals surface area contributed by atoms with E-state index in [1.807, 2.05) is 4.90 Å². The smallest absolute Gasteiger partial charge is 0.246 e. The molecule has 0 N–H and O–H groups in total. The lowest BCUT2D eigenvalue weighted by Crippen LogP contribution is -2.52. The zero-order valence-corrected chi connectivity index (χ0v) is 14.6. The van der Waals surface area contributed by atoms with Crippen LogP contribution < -0.4 is 0 Å². The minimum absolute atomic E-state index is 0.193. The van der Waals surface area contributed by atoms with E-state index in [1.54, 1.807) is 11.8 Å². The summed E-state index contributed by atoms with van der Waals surface area (Å²) >= 11 is 1.73. The highest BCUT2D eigenvalue weighted by Crippen LogP contribution is 2.33. The molecule has 1 aliphatic carbocycles. The van der Waals surface area contributed by atoms with Gasteiger partial charge in [-0.2, -0.15) is 0 Å². The van der Waals surface area contributed by atoms with E-state index in [0.717, 1.165) is 44.6 Å². The van der Waals surface area contributed by atoms with Crippen molar-refractivity contribution in [1.29, 1.82) is 0 Å². The van der Waals surface area contributed by atoms with E-state index in [9.17, 15) is 9.59 Å². The van der Waals surface area contributed by atoms with Gasteiger partial charge in [0.2, 0.25) is 11.8 Å². The summed E-state index contributed by atoms with van der Waals surface area (Å²) in [6.07, 6.45) is 6.74. The number of amides is 2. The lowest BCUT2D eigenvalue weighted by molar-refractivity contribution is -0.147. The molecule has 0 bridgehead atoms. The van der Waals surface area contributed by atoms with E-state index >= 15 is 0 Å². The van der Waals surface area contributed by atoms with Crippen LogP contribution in [-0.4, -0.2) is 76.4 Å². The first-order valence-electron chi connectivity index (χ1n) is 9.15. The Hall–Kier alpha value is -0.750. The fourth-order valence-corrected chi connectivity index (χ4v) is 5.53. The van der Waals surface area contributed by atoms with E-state index in [0.29, 0.717) is 11.9 Å².